The molecule has 102 valence electrons. The fourth-order valence-corrected chi connectivity index (χ4v) is 2.05. The Morgan fingerprint density at radius 2 is 2.05 bits per heavy atom. The third kappa shape index (κ3) is 3.51. The van der Waals surface area contributed by atoms with Gasteiger partial charge in [-0.15, -0.1) is 0 Å². The van der Waals surface area contributed by atoms with E-state index in [1.54, 1.807) is 29.4 Å². The SMILES string of the molecule is CC1(OCC(=O)O)CN(C(=O)Cc2ccncc2)C1. The topological polar surface area (TPSA) is 79.7 Å². The van der Waals surface area contributed by atoms with Crippen LogP contribution in [-0.4, -0.2) is 52.2 Å². The van der Waals surface area contributed by atoms with Crippen molar-refractivity contribution in [2.75, 3.05) is 19.7 Å². The highest BCUT2D eigenvalue weighted by atomic mass is 16.5. The molecule has 1 aliphatic heterocycles. The molecule has 2 heterocycles. The lowest BCUT2D eigenvalue weighted by atomic mass is 9.95. The monoisotopic (exact) mass is 264 g/mol. The summed E-state index contributed by atoms with van der Waals surface area (Å²) in [6, 6.07) is 3.61. The standard InChI is InChI=1S/C13H16N2O4/c1-13(19-7-12(17)18)8-15(9-13)11(16)6-10-2-4-14-5-3-10/h2-5H,6-9H2,1H3,(H,17,18). The molecule has 1 saturated heterocycles. The summed E-state index contributed by atoms with van der Waals surface area (Å²) in [4.78, 5) is 27.9. The van der Waals surface area contributed by atoms with Gasteiger partial charge in [-0.1, -0.05) is 0 Å². The molecule has 1 fully saturated rings. The van der Waals surface area contributed by atoms with Crippen molar-refractivity contribution in [3.05, 3.63) is 30.1 Å². The number of rotatable bonds is 5. The summed E-state index contributed by atoms with van der Waals surface area (Å²) in [7, 11) is 0. The van der Waals surface area contributed by atoms with Gasteiger partial charge in [-0.25, -0.2) is 4.79 Å². The molecular formula is C13H16N2O4. The van der Waals surface area contributed by atoms with Crippen LogP contribution in [0.15, 0.2) is 24.5 Å². The van der Waals surface area contributed by atoms with Crippen LogP contribution in [0.4, 0.5) is 0 Å². The van der Waals surface area contributed by atoms with Crippen molar-refractivity contribution in [1.29, 1.82) is 0 Å². The predicted octanol–water partition coefficient (Wildman–Crippen LogP) is 0.326. The second-order valence-corrected chi connectivity index (χ2v) is 4.91. The average molecular weight is 264 g/mol. The Kier molecular flexibility index (Phi) is 3.80. The van der Waals surface area contributed by atoms with Crippen molar-refractivity contribution >= 4 is 11.9 Å². The van der Waals surface area contributed by atoms with Gasteiger partial charge in [-0.05, 0) is 24.6 Å². The number of carbonyl (C=O) groups excluding carboxylic acids is 1. The molecule has 1 aliphatic rings. The van der Waals surface area contributed by atoms with Crippen LogP contribution in [0.5, 0.6) is 0 Å². The molecule has 1 aromatic rings. The van der Waals surface area contributed by atoms with E-state index in [4.69, 9.17) is 9.84 Å². The van der Waals surface area contributed by atoms with E-state index in [0.29, 0.717) is 19.5 Å². The van der Waals surface area contributed by atoms with Crippen LogP contribution in [-0.2, 0) is 20.7 Å². The molecule has 2 rings (SSSR count). The van der Waals surface area contributed by atoms with Crippen LogP contribution in [0, 0.1) is 0 Å². The highest BCUT2D eigenvalue weighted by molar-refractivity contribution is 5.79. The fourth-order valence-electron chi connectivity index (χ4n) is 2.05. The van der Waals surface area contributed by atoms with Gasteiger partial charge in [-0.2, -0.15) is 0 Å². The van der Waals surface area contributed by atoms with E-state index in [0.717, 1.165) is 5.56 Å². The van der Waals surface area contributed by atoms with E-state index < -0.39 is 11.6 Å². The quantitative estimate of drug-likeness (QED) is 0.828. The van der Waals surface area contributed by atoms with Gasteiger partial charge in [0.2, 0.25) is 5.91 Å². The minimum absolute atomic E-state index is 0.0163. The lowest BCUT2D eigenvalue weighted by Crippen LogP contribution is -2.63. The molecule has 1 amide bonds. The normalized spacial score (nSPS) is 16.8. The Hall–Kier alpha value is -1.95. The molecule has 0 radical (unpaired) electrons. The number of carbonyl (C=O) groups is 2. The summed E-state index contributed by atoms with van der Waals surface area (Å²) in [5, 5.41) is 8.55. The second kappa shape index (κ2) is 5.36. The van der Waals surface area contributed by atoms with Crippen molar-refractivity contribution in [3.8, 4) is 0 Å². The van der Waals surface area contributed by atoms with Gasteiger partial charge in [-0.3, -0.25) is 9.78 Å². The van der Waals surface area contributed by atoms with E-state index >= 15 is 0 Å². The summed E-state index contributed by atoms with van der Waals surface area (Å²) in [5.41, 5.74) is 0.381. The first kappa shape index (κ1) is 13.5. The maximum absolute atomic E-state index is 12.0. The minimum Gasteiger partial charge on any atom is -0.480 e. The number of hydrogen-bond donors (Lipinski definition) is 1. The van der Waals surface area contributed by atoms with Crippen LogP contribution in [0.25, 0.3) is 0 Å². The Morgan fingerprint density at radius 3 is 2.63 bits per heavy atom. The van der Waals surface area contributed by atoms with Crippen LogP contribution in [0.1, 0.15) is 12.5 Å². The largest absolute Gasteiger partial charge is 0.480 e. The molecule has 1 aromatic heterocycles. The van der Waals surface area contributed by atoms with Crippen LogP contribution < -0.4 is 0 Å². The van der Waals surface area contributed by atoms with E-state index in [1.807, 2.05) is 6.92 Å². The van der Waals surface area contributed by atoms with Crippen molar-refractivity contribution in [2.45, 2.75) is 18.9 Å². The number of hydrogen-bond acceptors (Lipinski definition) is 4. The number of aliphatic carboxylic acids is 1. The molecule has 6 heteroatoms. The second-order valence-electron chi connectivity index (χ2n) is 4.91. The molecule has 0 aliphatic carbocycles. The lowest BCUT2D eigenvalue weighted by molar-refractivity contribution is -0.172. The third-order valence-electron chi connectivity index (χ3n) is 3.05. The van der Waals surface area contributed by atoms with E-state index in [-0.39, 0.29) is 12.5 Å². The molecule has 0 spiro atoms. The number of likely N-dealkylation sites (tertiary alicyclic amines) is 1. The molecule has 0 unspecified atom stereocenters. The van der Waals surface area contributed by atoms with E-state index in [9.17, 15) is 9.59 Å². The van der Waals surface area contributed by atoms with Crippen LogP contribution in [0.2, 0.25) is 0 Å². The van der Waals surface area contributed by atoms with Gasteiger partial charge in [0.25, 0.3) is 0 Å². The first-order valence-electron chi connectivity index (χ1n) is 6.01. The van der Waals surface area contributed by atoms with Gasteiger partial charge in [0, 0.05) is 12.4 Å². The summed E-state index contributed by atoms with van der Waals surface area (Å²) in [6.45, 7) is 2.35. The van der Waals surface area contributed by atoms with Crippen molar-refractivity contribution in [1.82, 2.24) is 9.88 Å². The fraction of sp³-hybridized carbons (Fsp3) is 0.462. The zero-order valence-corrected chi connectivity index (χ0v) is 10.7. The average Bonchev–Trinajstić information content (AvgIpc) is 2.34. The van der Waals surface area contributed by atoms with Crippen LogP contribution in [0.3, 0.4) is 0 Å². The highest BCUT2D eigenvalue weighted by Crippen LogP contribution is 2.25. The van der Waals surface area contributed by atoms with Crippen molar-refractivity contribution in [3.63, 3.8) is 0 Å². The molecule has 0 saturated carbocycles. The maximum Gasteiger partial charge on any atom is 0.329 e. The van der Waals surface area contributed by atoms with E-state index in [2.05, 4.69) is 4.98 Å². The number of pyridine rings is 1. The number of carboxylic acid groups (broad SMARTS) is 1. The molecule has 1 N–H and O–H groups in total. The Labute approximate surface area is 111 Å². The Bertz CT molecular complexity index is 469. The number of aromatic nitrogens is 1. The van der Waals surface area contributed by atoms with Crippen molar-refractivity contribution in [2.24, 2.45) is 0 Å². The smallest absolute Gasteiger partial charge is 0.329 e. The molecule has 0 bridgehead atoms. The zero-order valence-electron chi connectivity index (χ0n) is 10.7. The summed E-state index contributed by atoms with van der Waals surface area (Å²) in [6.07, 6.45) is 3.63. The maximum atomic E-state index is 12.0. The molecule has 19 heavy (non-hydrogen) atoms. The number of ether oxygens (including phenoxy) is 1. The number of amides is 1. The molecule has 6 nitrogen and oxygen atoms in total. The third-order valence-corrected chi connectivity index (χ3v) is 3.05. The zero-order chi connectivity index (χ0) is 13.9. The number of nitrogens with zero attached hydrogens (tertiary/aromatic N) is 2. The number of carboxylic acids is 1. The van der Waals surface area contributed by atoms with Gasteiger partial charge in [0.15, 0.2) is 0 Å². The summed E-state index contributed by atoms with van der Waals surface area (Å²) in [5.74, 6) is -0.981. The van der Waals surface area contributed by atoms with Crippen molar-refractivity contribution < 1.29 is 19.4 Å². The first-order chi connectivity index (χ1) is 8.98. The van der Waals surface area contributed by atoms with Gasteiger partial charge < -0.3 is 14.7 Å². The molecule has 0 atom stereocenters. The Morgan fingerprint density at radius 1 is 1.42 bits per heavy atom. The van der Waals surface area contributed by atoms with Gasteiger partial charge in [0.05, 0.1) is 19.5 Å². The lowest BCUT2D eigenvalue weighted by Gasteiger charge is -2.47. The van der Waals surface area contributed by atoms with Crippen LogP contribution >= 0.6 is 0 Å². The van der Waals surface area contributed by atoms with Gasteiger partial charge in [0.1, 0.15) is 12.2 Å². The highest BCUT2D eigenvalue weighted by Gasteiger charge is 2.42. The minimum atomic E-state index is -0.997. The first-order valence-corrected chi connectivity index (χ1v) is 6.01. The van der Waals surface area contributed by atoms with Gasteiger partial charge >= 0.3 is 5.97 Å². The summed E-state index contributed by atoms with van der Waals surface area (Å²) >= 11 is 0. The molecule has 0 aromatic carbocycles. The Balaban J connectivity index is 1.80. The summed E-state index contributed by atoms with van der Waals surface area (Å²) < 4.78 is 5.25. The predicted molar refractivity (Wildman–Crippen MR) is 66.5 cm³/mol. The molecular weight excluding hydrogens is 248 g/mol. The van der Waals surface area contributed by atoms with E-state index in [1.165, 1.54) is 0 Å².